The number of aromatic nitrogens is 2. The third-order valence-corrected chi connectivity index (χ3v) is 5.97. The highest BCUT2D eigenvalue weighted by molar-refractivity contribution is 7.17. The van der Waals surface area contributed by atoms with Crippen LogP contribution in [0.4, 0.5) is 5.95 Å². The van der Waals surface area contributed by atoms with Crippen LogP contribution in [0, 0.1) is 0 Å². The molecule has 1 amide bonds. The molecule has 4 rings (SSSR count). The lowest BCUT2D eigenvalue weighted by molar-refractivity contribution is -0.121. The van der Waals surface area contributed by atoms with Crippen LogP contribution >= 0.6 is 11.3 Å². The summed E-state index contributed by atoms with van der Waals surface area (Å²) >= 11 is 1.41. The Morgan fingerprint density at radius 2 is 1.89 bits per heavy atom. The van der Waals surface area contributed by atoms with E-state index >= 15 is 0 Å². The molecule has 2 aromatic heterocycles. The number of amides is 1. The van der Waals surface area contributed by atoms with Gasteiger partial charge >= 0.3 is 0 Å². The molecule has 1 aromatic carbocycles. The predicted molar refractivity (Wildman–Crippen MR) is 113 cm³/mol. The molecule has 0 unspecified atom stereocenters. The van der Waals surface area contributed by atoms with Crippen LogP contribution in [0.2, 0.25) is 0 Å². The van der Waals surface area contributed by atoms with Crippen LogP contribution in [0.1, 0.15) is 31.2 Å². The predicted octanol–water partition coefficient (Wildman–Crippen LogP) is 3.15. The number of anilines is 1. The number of carbonyl (C=O) groups excluding carboxylic acids is 1. The van der Waals surface area contributed by atoms with Gasteiger partial charge in [-0.05, 0) is 36.3 Å². The van der Waals surface area contributed by atoms with E-state index in [1.807, 2.05) is 41.8 Å². The molecule has 7 heteroatoms. The Bertz CT molecular complexity index is 1010. The topological polar surface area (TPSA) is 67.2 Å². The highest BCUT2D eigenvalue weighted by Crippen LogP contribution is 2.22. The normalized spacial score (nSPS) is 14.4. The summed E-state index contributed by atoms with van der Waals surface area (Å²) in [6.07, 6.45) is 3.68. The van der Waals surface area contributed by atoms with Gasteiger partial charge in [0.25, 0.3) is 5.56 Å². The van der Waals surface area contributed by atoms with Crippen molar-refractivity contribution in [2.75, 3.05) is 18.0 Å². The molecule has 3 heterocycles. The zero-order chi connectivity index (χ0) is 19.3. The van der Waals surface area contributed by atoms with Gasteiger partial charge in [0.1, 0.15) is 4.70 Å². The van der Waals surface area contributed by atoms with Gasteiger partial charge in [-0.15, -0.1) is 11.3 Å². The van der Waals surface area contributed by atoms with Crippen molar-refractivity contribution in [2.24, 2.45) is 0 Å². The minimum atomic E-state index is -0.0633. The van der Waals surface area contributed by atoms with Gasteiger partial charge < -0.3 is 10.2 Å². The van der Waals surface area contributed by atoms with Gasteiger partial charge in [0.2, 0.25) is 11.9 Å². The van der Waals surface area contributed by atoms with Gasteiger partial charge in [0.05, 0.1) is 5.52 Å². The largest absolute Gasteiger partial charge is 0.352 e. The number of nitrogens with one attached hydrogen (secondary N) is 1. The average molecular weight is 397 g/mol. The lowest BCUT2D eigenvalue weighted by atomic mass is 10.1. The third-order valence-electron chi connectivity index (χ3n) is 5.08. The molecule has 0 bridgehead atoms. The quantitative estimate of drug-likeness (QED) is 0.695. The molecular weight excluding hydrogens is 372 g/mol. The summed E-state index contributed by atoms with van der Waals surface area (Å²) in [5, 5.41) is 4.83. The number of hydrogen-bond acceptors (Lipinski definition) is 5. The first-order valence-electron chi connectivity index (χ1n) is 9.76. The van der Waals surface area contributed by atoms with E-state index in [-0.39, 0.29) is 17.9 Å². The molecular formula is C21H24N4O2S. The number of benzene rings is 1. The second-order valence-electron chi connectivity index (χ2n) is 7.06. The molecule has 6 nitrogen and oxygen atoms in total. The molecule has 0 spiro atoms. The lowest BCUT2D eigenvalue weighted by Crippen LogP contribution is -2.37. The molecule has 146 valence electrons. The maximum atomic E-state index is 13.0. The fraction of sp³-hybridized carbons (Fsp3) is 0.381. The molecule has 0 aliphatic carbocycles. The summed E-state index contributed by atoms with van der Waals surface area (Å²) < 4.78 is 2.34. The molecule has 1 aliphatic rings. The van der Waals surface area contributed by atoms with Crippen molar-refractivity contribution in [3.8, 4) is 0 Å². The first-order valence-corrected chi connectivity index (χ1v) is 10.6. The Labute approximate surface area is 167 Å². The number of nitrogens with zero attached hydrogens (tertiary/aromatic N) is 3. The van der Waals surface area contributed by atoms with Crippen LogP contribution in [-0.4, -0.2) is 28.5 Å². The Hall–Kier alpha value is -2.67. The number of rotatable bonds is 6. The van der Waals surface area contributed by atoms with Crippen LogP contribution < -0.4 is 15.8 Å². The summed E-state index contributed by atoms with van der Waals surface area (Å²) in [5.74, 6) is 0.637. The zero-order valence-electron chi connectivity index (χ0n) is 15.8. The second-order valence-corrected chi connectivity index (χ2v) is 7.98. The van der Waals surface area contributed by atoms with E-state index in [1.165, 1.54) is 17.8 Å². The molecule has 3 aromatic rings. The van der Waals surface area contributed by atoms with Crippen molar-refractivity contribution in [3.05, 3.63) is 57.7 Å². The Kier molecular flexibility index (Phi) is 5.71. The van der Waals surface area contributed by atoms with E-state index < -0.39 is 0 Å². The number of thiophene rings is 1. The fourth-order valence-corrected chi connectivity index (χ4v) is 4.35. The van der Waals surface area contributed by atoms with Crippen LogP contribution in [0.25, 0.3) is 10.2 Å². The minimum absolute atomic E-state index is 0.0450. The minimum Gasteiger partial charge on any atom is -0.352 e. The average Bonchev–Trinajstić information content (AvgIpc) is 3.22. The first kappa shape index (κ1) is 18.7. The second kappa shape index (κ2) is 8.56. The lowest BCUT2D eigenvalue weighted by Gasteiger charge is -2.29. The number of hydrogen-bond donors (Lipinski definition) is 1. The smallest absolute Gasteiger partial charge is 0.272 e. The maximum Gasteiger partial charge on any atom is 0.272 e. The highest BCUT2D eigenvalue weighted by atomic mass is 32.1. The first-order chi connectivity index (χ1) is 13.7. The van der Waals surface area contributed by atoms with E-state index in [9.17, 15) is 9.59 Å². The van der Waals surface area contributed by atoms with Crippen LogP contribution in [-0.2, 0) is 17.9 Å². The molecule has 28 heavy (non-hydrogen) atoms. The zero-order valence-corrected chi connectivity index (χ0v) is 16.6. The molecule has 1 saturated heterocycles. The highest BCUT2D eigenvalue weighted by Gasteiger charge is 2.20. The third kappa shape index (κ3) is 4.09. The van der Waals surface area contributed by atoms with Gasteiger partial charge in [-0.25, -0.2) is 4.98 Å². The summed E-state index contributed by atoms with van der Waals surface area (Å²) in [6, 6.07) is 11.7. The Morgan fingerprint density at radius 1 is 1.11 bits per heavy atom. The summed E-state index contributed by atoms with van der Waals surface area (Å²) in [5.41, 5.74) is 1.76. The van der Waals surface area contributed by atoms with Gasteiger partial charge in [-0.2, -0.15) is 0 Å². The van der Waals surface area contributed by atoms with Crippen molar-refractivity contribution in [3.63, 3.8) is 0 Å². The Balaban J connectivity index is 1.51. The van der Waals surface area contributed by atoms with Gasteiger partial charge in [0, 0.05) is 32.6 Å². The summed E-state index contributed by atoms with van der Waals surface area (Å²) in [7, 11) is 0. The van der Waals surface area contributed by atoms with Crippen molar-refractivity contribution in [1.29, 1.82) is 0 Å². The van der Waals surface area contributed by atoms with Crippen molar-refractivity contribution < 1.29 is 4.79 Å². The van der Waals surface area contributed by atoms with Gasteiger partial charge in [-0.1, -0.05) is 30.3 Å². The molecule has 1 fully saturated rings. The van der Waals surface area contributed by atoms with Crippen LogP contribution in [0.3, 0.4) is 0 Å². The van der Waals surface area contributed by atoms with Crippen LogP contribution in [0.5, 0.6) is 0 Å². The number of carbonyl (C=O) groups is 1. The monoisotopic (exact) mass is 396 g/mol. The standard InChI is InChI=1S/C21H24N4O2S/c26-18(22-15-16-7-3-1-4-8-16)9-13-25-20(27)19-17(10-14-28-19)23-21(25)24-11-5-2-6-12-24/h1,3-4,7-8,10,14H,2,5-6,9,11-13,15H2,(H,22,26). The van der Waals surface area contributed by atoms with Crippen molar-refractivity contribution in [1.82, 2.24) is 14.9 Å². The maximum absolute atomic E-state index is 13.0. The number of piperidine rings is 1. The van der Waals surface area contributed by atoms with Crippen molar-refractivity contribution >= 4 is 33.4 Å². The van der Waals surface area contributed by atoms with E-state index in [2.05, 4.69) is 10.2 Å². The summed E-state index contributed by atoms with van der Waals surface area (Å²) in [6.45, 7) is 2.65. The van der Waals surface area contributed by atoms with Gasteiger partial charge in [-0.3, -0.25) is 14.2 Å². The van der Waals surface area contributed by atoms with Gasteiger partial charge in [0.15, 0.2) is 0 Å². The summed E-state index contributed by atoms with van der Waals surface area (Å²) in [4.78, 5) is 32.3. The molecule has 1 N–H and O–H groups in total. The number of fused-ring (bicyclic) bond motifs is 1. The van der Waals surface area contributed by atoms with E-state index in [0.717, 1.165) is 37.0 Å². The van der Waals surface area contributed by atoms with Crippen molar-refractivity contribution in [2.45, 2.75) is 38.8 Å². The molecule has 0 saturated carbocycles. The van der Waals surface area contributed by atoms with E-state index in [0.29, 0.717) is 23.7 Å². The van der Waals surface area contributed by atoms with Crippen LogP contribution in [0.15, 0.2) is 46.6 Å². The van der Waals surface area contributed by atoms with E-state index in [4.69, 9.17) is 4.98 Å². The fourth-order valence-electron chi connectivity index (χ4n) is 3.57. The molecule has 0 atom stereocenters. The Morgan fingerprint density at radius 3 is 2.68 bits per heavy atom. The molecule has 1 aliphatic heterocycles. The SMILES string of the molecule is O=C(CCn1c(N2CCCCC2)nc2ccsc2c1=O)NCc1ccccc1. The molecule has 0 radical (unpaired) electrons. The van der Waals surface area contributed by atoms with E-state index in [1.54, 1.807) is 4.57 Å².